The molecule has 2 atom stereocenters. The van der Waals surface area contributed by atoms with Crippen molar-refractivity contribution < 1.29 is 53.8 Å². The van der Waals surface area contributed by atoms with Gasteiger partial charge in [-0.05, 0) is 19.1 Å². The van der Waals surface area contributed by atoms with Gasteiger partial charge in [-0.3, -0.25) is 18.7 Å². The third kappa shape index (κ3) is 7.59. The van der Waals surface area contributed by atoms with E-state index >= 15 is 0 Å². The number of alkyl halides is 6. The molecule has 0 aromatic heterocycles. The van der Waals surface area contributed by atoms with Gasteiger partial charge < -0.3 is 9.29 Å². The molecule has 0 saturated carbocycles. The number of carbonyl (C=O) groups excluding carboxylic acids is 2. The number of imide groups is 1. The summed E-state index contributed by atoms with van der Waals surface area (Å²) in [5.74, 6) is -5.09. The molecule has 0 aliphatic carbocycles. The highest BCUT2D eigenvalue weighted by Crippen LogP contribution is 2.30. The Bertz CT molecular complexity index is 865. The van der Waals surface area contributed by atoms with Crippen LogP contribution in [0.4, 0.5) is 30.7 Å². The second kappa shape index (κ2) is 10.1. The molecule has 176 valence electrons. The summed E-state index contributed by atoms with van der Waals surface area (Å²) in [5.41, 5.74) is -0.801. The Morgan fingerprint density at radius 1 is 1.23 bits per heavy atom. The van der Waals surface area contributed by atoms with Crippen LogP contribution in [-0.2, 0) is 16.1 Å². The monoisotopic (exact) mass is 501 g/mol. The summed E-state index contributed by atoms with van der Waals surface area (Å²) in [6.07, 6.45) is -10.3. The minimum absolute atomic E-state index is 0.225. The van der Waals surface area contributed by atoms with E-state index in [2.05, 4.69) is 0 Å². The van der Waals surface area contributed by atoms with Crippen molar-refractivity contribution in [1.82, 2.24) is 9.21 Å². The van der Waals surface area contributed by atoms with Gasteiger partial charge in [0.2, 0.25) is 5.91 Å². The molecule has 0 aliphatic heterocycles. The number of rotatable bonds is 7. The Morgan fingerprint density at radius 2 is 1.77 bits per heavy atom. The molecule has 2 amide bonds. The van der Waals surface area contributed by atoms with Gasteiger partial charge in [0, 0.05) is 18.2 Å². The fourth-order valence-electron chi connectivity index (χ4n) is 2.21. The molecule has 16 heteroatoms. The summed E-state index contributed by atoms with van der Waals surface area (Å²) in [6, 6.07) is -0.953. The van der Waals surface area contributed by atoms with Crippen molar-refractivity contribution in [3.8, 4) is 5.75 Å². The lowest BCUT2D eigenvalue weighted by molar-refractivity contribution is -0.222. The van der Waals surface area contributed by atoms with E-state index in [1.807, 2.05) is 0 Å². The van der Waals surface area contributed by atoms with Gasteiger partial charge in [-0.15, -0.1) is 4.31 Å². The number of hydrogen-bond donors (Lipinski definition) is 0. The summed E-state index contributed by atoms with van der Waals surface area (Å²) in [4.78, 5) is 23.5. The number of hydrogen-bond acceptors (Lipinski definition) is 5. The number of nitrogens with zero attached hydrogens (tertiary/aromatic N) is 2. The maximum absolute atomic E-state index is 14.0. The van der Waals surface area contributed by atoms with Crippen LogP contribution < -0.4 is 4.74 Å². The van der Waals surface area contributed by atoms with E-state index in [0.717, 1.165) is 6.92 Å². The topological polar surface area (TPSA) is 90.0 Å². The minimum atomic E-state index is -5.31. The van der Waals surface area contributed by atoms with E-state index in [4.69, 9.17) is 16.3 Å². The largest absolute Gasteiger partial charge is 0.759 e. The highest BCUT2D eigenvalue weighted by Gasteiger charge is 2.42. The first-order chi connectivity index (χ1) is 14.0. The van der Waals surface area contributed by atoms with Crippen molar-refractivity contribution in [3.63, 3.8) is 0 Å². The van der Waals surface area contributed by atoms with Crippen LogP contribution in [0.5, 0.6) is 5.75 Å². The molecule has 0 radical (unpaired) electrons. The molecule has 0 spiro atoms. The molecule has 0 N–H and O–H groups in total. The maximum Gasteiger partial charge on any atom is 0.470 e. The Balaban J connectivity index is 3.19. The summed E-state index contributed by atoms with van der Waals surface area (Å²) in [5, 5.41) is -0.700. The molecule has 2 unspecified atom stereocenters. The summed E-state index contributed by atoms with van der Waals surface area (Å²) in [6.45, 7) is -1.59. The van der Waals surface area contributed by atoms with Gasteiger partial charge >= 0.3 is 12.5 Å². The fourth-order valence-corrected chi connectivity index (χ4v) is 2.97. The Kier molecular flexibility index (Phi) is 8.82. The first-order valence-corrected chi connectivity index (χ1v) is 9.33. The average molecular weight is 502 g/mol. The average Bonchev–Trinajstić information content (AvgIpc) is 2.55. The van der Waals surface area contributed by atoms with Crippen molar-refractivity contribution in [2.75, 3.05) is 13.2 Å². The van der Waals surface area contributed by atoms with E-state index in [1.54, 1.807) is 0 Å². The highest BCUT2D eigenvalue weighted by molar-refractivity contribution is 7.76. The van der Waals surface area contributed by atoms with Gasteiger partial charge in [0.25, 0.3) is 5.91 Å². The van der Waals surface area contributed by atoms with E-state index in [0.29, 0.717) is 19.1 Å². The van der Waals surface area contributed by atoms with E-state index in [9.17, 15) is 49.1 Å². The second-order valence-electron chi connectivity index (χ2n) is 5.96. The smallest absolute Gasteiger partial charge is 0.470 e. The molecule has 0 fully saturated rings. The lowest BCUT2D eigenvalue weighted by atomic mass is 10.1. The highest BCUT2D eigenvalue weighted by atomic mass is 35.5. The Hall–Kier alpha value is -1.97. The predicted octanol–water partition coefficient (Wildman–Crippen LogP) is 3.41. The molecule has 1 aromatic carbocycles. The summed E-state index contributed by atoms with van der Waals surface area (Å²) < 4.78 is 116. The van der Waals surface area contributed by atoms with Crippen molar-refractivity contribution in [1.29, 1.82) is 0 Å². The summed E-state index contributed by atoms with van der Waals surface area (Å²) in [7, 11) is 0. The lowest BCUT2D eigenvalue weighted by Crippen LogP contribution is -2.47. The number of carbonyl (C=O) groups is 2. The van der Waals surface area contributed by atoms with E-state index < -0.39 is 81.2 Å². The number of halogens is 8. The first kappa shape index (κ1) is 27.1. The van der Waals surface area contributed by atoms with Crippen LogP contribution >= 0.6 is 11.6 Å². The Labute approximate surface area is 178 Å². The molecule has 1 rings (SSSR count). The molecule has 1 aromatic rings. The van der Waals surface area contributed by atoms with Gasteiger partial charge in [0.05, 0.1) is 16.6 Å². The van der Waals surface area contributed by atoms with Crippen molar-refractivity contribution in [3.05, 3.63) is 28.5 Å². The van der Waals surface area contributed by atoms with Crippen LogP contribution in [0.2, 0.25) is 5.02 Å². The molecule has 0 aliphatic rings. The van der Waals surface area contributed by atoms with Crippen molar-refractivity contribution >= 4 is 34.7 Å². The lowest BCUT2D eigenvalue weighted by Gasteiger charge is -2.31. The molecule has 0 saturated heterocycles. The van der Waals surface area contributed by atoms with Crippen LogP contribution in [0.25, 0.3) is 0 Å². The normalized spacial score (nSPS) is 14.3. The van der Waals surface area contributed by atoms with Crippen LogP contribution in [0.3, 0.4) is 0 Å². The molecule has 31 heavy (non-hydrogen) atoms. The fraction of sp³-hybridized carbons (Fsp3) is 0.467. The standard InChI is InChI=1S/C15H14ClF7N2O5S/c1-7(25(31(28)29)15(21,22)23)5-30-12-3-9(10(16)4-11(12)17)13(27)24(8(2)26)6-14(18,19)20/h3-4,7H,5-6H2,1-2H3,(H,28,29)/p-1. The van der Waals surface area contributed by atoms with E-state index in [1.165, 1.54) is 0 Å². The van der Waals surface area contributed by atoms with Gasteiger partial charge in [-0.25, -0.2) is 4.39 Å². The quantitative estimate of drug-likeness (QED) is 0.324. The van der Waals surface area contributed by atoms with Gasteiger partial charge in [0.1, 0.15) is 13.2 Å². The molecule has 7 nitrogen and oxygen atoms in total. The molecular formula is C15H13ClF7N2O5S-. The van der Waals surface area contributed by atoms with E-state index in [-0.39, 0.29) is 4.90 Å². The van der Waals surface area contributed by atoms with Crippen molar-refractivity contribution in [2.45, 2.75) is 32.4 Å². The van der Waals surface area contributed by atoms with Gasteiger partial charge in [-0.2, -0.15) is 26.3 Å². The van der Waals surface area contributed by atoms with Crippen molar-refractivity contribution in [2.24, 2.45) is 0 Å². The molecule has 0 heterocycles. The van der Waals surface area contributed by atoms with Crippen LogP contribution in [-0.4, -0.2) is 61.5 Å². The minimum Gasteiger partial charge on any atom is -0.759 e. The molecular weight excluding hydrogens is 489 g/mol. The first-order valence-electron chi connectivity index (χ1n) is 7.92. The third-order valence-corrected chi connectivity index (χ3v) is 4.71. The molecule has 0 bridgehead atoms. The summed E-state index contributed by atoms with van der Waals surface area (Å²) >= 11 is 1.91. The second-order valence-corrected chi connectivity index (χ2v) is 7.19. The number of benzene rings is 1. The zero-order valence-corrected chi connectivity index (χ0v) is 17.1. The SMILES string of the molecule is CC(=O)N(CC(F)(F)F)C(=O)c1cc(OCC(C)N(S(=O)[O-])C(F)(F)F)c(F)cc1Cl. The third-order valence-electron chi connectivity index (χ3n) is 3.51. The van der Waals surface area contributed by atoms with Gasteiger partial charge in [0.15, 0.2) is 11.6 Å². The Morgan fingerprint density at radius 3 is 2.19 bits per heavy atom. The van der Waals surface area contributed by atoms with Crippen LogP contribution in [0.1, 0.15) is 24.2 Å². The van der Waals surface area contributed by atoms with Crippen LogP contribution in [0.15, 0.2) is 12.1 Å². The van der Waals surface area contributed by atoms with Gasteiger partial charge in [-0.1, -0.05) is 11.6 Å². The zero-order chi connectivity index (χ0) is 24.3. The van der Waals surface area contributed by atoms with Crippen LogP contribution in [0, 0.1) is 5.82 Å². The number of ether oxygens (including phenoxy) is 1. The maximum atomic E-state index is 14.0. The predicted molar refractivity (Wildman–Crippen MR) is 91.0 cm³/mol. The zero-order valence-electron chi connectivity index (χ0n) is 15.5. The number of amides is 2.